The van der Waals surface area contributed by atoms with Crippen molar-refractivity contribution in [3.8, 4) is 0 Å². The maximum Gasteiger partial charge on any atom is 0.185 e. The Balaban J connectivity index is 1.93. The third-order valence-electron chi connectivity index (χ3n) is 4.13. The van der Waals surface area contributed by atoms with Gasteiger partial charge in [0.1, 0.15) is 17.1 Å². The zero-order valence-corrected chi connectivity index (χ0v) is 16.0. The first-order valence-corrected chi connectivity index (χ1v) is 9.29. The topological polar surface area (TPSA) is 88.6 Å². The lowest BCUT2D eigenvalue weighted by Gasteiger charge is -2.28. The van der Waals surface area contributed by atoms with E-state index in [-0.39, 0.29) is 35.2 Å². The fraction of sp³-hybridized carbons (Fsp3) is 0.211. The van der Waals surface area contributed by atoms with Crippen molar-refractivity contribution in [2.75, 3.05) is 6.61 Å². The molecule has 0 amide bonds. The summed E-state index contributed by atoms with van der Waals surface area (Å²) in [5, 5.41) is 10.1. The first-order valence-electron chi connectivity index (χ1n) is 8.10. The molecule has 0 unspecified atom stereocenters. The van der Waals surface area contributed by atoms with Gasteiger partial charge in [0.2, 0.25) is 0 Å². The number of thioether (sulfide) groups is 1. The number of rotatable bonds is 5. The van der Waals surface area contributed by atoms with Gasteiger partial charge in [-0.1, -0.05) is 29.4 Å². The van der Waals surface area contributed by atoms with Gasteiger partial charge in [-0.3, -0.25) is 9.78 Å². The lowest BCUT2D eigenvalue weighted by molar-refractivity contribution is 0.0988. The molecule has 5 nitrogen and oxygen atoms in total. The zero-order chi connectivity index (χ0) is 19.6. The van der Waals surface area contributed by atoms with E-state index in [1.165, 1.54) is 12.3 Å². The van der Waals surface area contributed by atoms with Gasteiger partial charge in [-0.2, -0.15) is 0 Å². The van der Waals surface area contributed by atoms with Crippen molar-refractivity contribution >= 4 is 34.3 Å². The summed E-state index contributed by atoms with van der Waals surface area (Å²) in [6.07, 6.45) is 3.14. The molecule has 0 radical (unpaired) electrons. The van der Waals surface area contributed by atoms with Gasteiger partial charge in [0.25, 0.3) is 0 Å². The highest BCUT2D eigenvalue weighted by Crippen LogP contribution is 2.37. The van der Waals surface area contributed by atoms with Crippen LogP contribution in [0.4, 0.5) is 4.39 Å². The maximum absolute atomic E-state index is 14.5. The van der Waals surface area contributed by atoms with Gasteiger partial charge in [-0.25, -0.2) is 9.38 Å². The minimum Gasteiger partial charge on any atom is -0.391 e. The van der Waals surface area contributed by atoms with Crippen molar-refractivity contribution in [3.63, 3.8) is 0 Å². The molecule has 8 heteroatoms. The van der Waals surface area contributed by atoms with E-state index in [4.69, 9.17) is 17.3 Å². The summed E-state index contributed by atoms with van der Waals surface area (Å²) in [5.74, 6) is -0.668. The molecule has 1 aliphatic rings. The highest BCUT2D eigenvalue weighted by molar-refractivity contribution is 8.17. The molecule has 3 rings (SSSR count). The molecule has 0 saturated carbocycles. The van der Waals surface area contributed by atoms with Gasteiger partial charge in [0.05, 0.1) is 11.6 Å². The van der Waals surface area contributed by atoms with Crippen molar-refractivity contribution in [1.29, 1.82) is 0 Å². The number of Topliss-reactive ketones (excluding diaryl/α,β-unsaturated/α-hetero) is 1. The standard InChI is InChI=1S/C19H17ClFN3O2S/c1-19(8-13(10-25)27-18(22)24-19)14-6-11(2-4-15(14)21)7-17(26)16-5-3-12(20)9-23-16/h2-6,8-9,25H,7,10H2,1H3,(H2,22,24)/t19-/m0/s1. The summed E-state index contributed by atoms with van der Waals surface area (Å²) < 4.78 is 14.5. The number of carbonyl (C=O) groups excluding carboxylic acids is 1. The highest BCUT2D eigenvalue weighted by Gasteiger charge is 2.31. The molecule has 1 aliphatic heterocycles. The molecule has 1 atom stereocenters. The number of aliphatic hydroxyl groups is 1. The highest BCUT2D eigenvalue weighted by atomic mass is 35.5. The normalized spacial score (nSPS) is 19.4. The summed E-state index contributed by atoms with van der Waals surface area (Å²) in [6.45, 7) is 1.50. The van der Waals surface area contributed by atoms with Crippen LogP contribution in [0.1, 0.15) is 28.5 Å². The Hall–Kier alpha value is -2.22. The SMILES string of the molecule is C[C@@]1(c2cc(CC(=O)c3ccc(Cl)cn3)ccc2F)C=C(CO)SC(N)=N1. The van der Waals surface area contributed by atoms with Gasteiger partial charge >= 0.3 is 0 Å². The van der Waals surface area contributed by atoms with Crippen molar-refractivity contribution in [2.24, 2.45) is 10.7 Å². The second-order valence-electron chi connectivity index (χ2n) is 6.24. The summed E-state index contributed by atoms with van der Waals surface area (Å²) in [5.41, 5.74) is 5.97. The lowest BCUT2D eigenvalue weighted by atomic mass is 9.89. The number of aliphatic imine (C=N–C) groups is 1. The second-order valence-corrected chi connectivity index (χ2v) is 7.83. The van der Waals surface area contributed by atoms with E-state index in [9.17, 15) is 14.3 Å². The fourth-order valence-corrected chi connectivity index (χ4v) is 3.83. The Kier molecular flexibility index (Phi) is 5.64. The Morgan fingerprint density at radius 3 is 2.81 bits per heavy atom. The van der Waals surface area contributed by atoms with Gasteiger partial charge < -0.3 is 10.8 Å². The third kappa shape index (κ3) is 4.37. The average molecular weight is 406 g/mol. The average Bonchev–Trinajstić information content (AvgIpc) is 2.63. The van der Waals surface area contributed by atoms with E-state index in [0.29, 0.717) is 15.5 Å². The van der Waals surface area contributed by atoms with Crippen LogP contribution in [0.2, 0.25) is 5.02 Å². The van der Waals surface area contributed by atoms with Crippen molar-refractivity contribution in [2.45, 2.75) is 18.9 Å². The quantitative estimate of drug-likeness (QED) is 0.744. The third-order valence-corrected chi connectivity index (χ3v) is 5.16. The van der Waals surface area contributed by atoms with E-state index in [1.54, 1.807) is 37.3 Å². The number of nitrogens with two attached hydrogens (primary N) is 1. The Morgan fingerprint density at radius 2 is 2.15 bits per heavy atom. The Labute approximate surface area is 165 Å². The lowest BCUT2D eigenvalue weighted by Crippen LogP contribution is -2.27. The number of halogens is 2. The molecule has 2 aromatic rings. The minimum absolute atomic E-state index is 0.0580. The van der Waals surface area contributed by atoms with Crippen molar-refractivity contribution < 1.29 is 14.3 Å². The van der Waals surface area contributed by atoms with Gasteiger partial charge in [0.15, 0.2) is 11.0 Å². The summed E-state index contributed by atoms with van der Waals surface area (Å²) in [7, 11) is 0. The summed E-state index contributed by atoms with van der Waals surface area (Å²) in [6, 6.07) is 7.60. The molecule has 0 aliphatic carbocycles. The second kappa shape index (κ2) is 7.80. The van der Waals surface area contributed by atoms with E-state index in [2.05, 4.69) is 9.98 Å². The van der Waals surface area contributed by atoms with E-state index < -0.39 is 11.4 Å². The molecule has 0 spiro atoms. The molecular formula is C19H17ClFN3O2S. The molecule has 0 saturated heterocycles. The number of amidine groups is 1. The first-order chi connectivity index (χ1) is 12.8. The van der Waals surface area contributed by atoms with Gasteiger partial charge in [-0.05, 0) is 42.8 Å². The number of aliphatic hydroxyl groups excluding tert-OH is 1. The van der Waals surface area contributed by atoms with Crippen LogP contribution in [0.3, 0.4) is 0 Å². The fourth-order valence-electron chi connectivity index (χ4n) is 2.86. The van der Waals surface area contributed by atoms with Crippen LogP contribution in [0, 0.1) is 5.82 Å². The summed E-state index contributed by atoms with van der Waals surface area (Å²) >= 11 is 6.93. The van der Waals surface area contributed by atoms with Crippen LogP contribution in [-0.4, -0.2) is 27.6 Å². The van der Waals surface area contributed by atoms with E-state index in [1.807, 2.05) is 0 Å². The number of ketones is 1. The monoisotopic (exact) mass is 405 g/mol. The largest absolute Gasteiger partial charge is 0.391 e. The Bertz CT molecular complexity index is 946. The molecular weight excluding hydrogens is 389 g/mol. The number of pyridine rings is 1. The Morgan fingerprint density at radius 1 is 1.37 bits per heavy atom. The first kappa shape index (κ1) is 19.5. The maximum atomic E-state index is 14.5. The number of nitrogens with zero attached hydrogens (tertiary/aromatic N) is 2. The molecule has 0 bridgehead atoms. The molecule has 1 aromatic heterocycles. The predicted molar refractivity (Wildman–Crippen MR) is 105 cm³/mol. The molecule has 27 heavy (non-hydrogen) atoms. The van der Waals surface area contributed by atoms with Crippen LogP contribution in [0.15, 0.2) is 52.5 Å². The number of hydrogen-bond acceptors (Lipinski definition) is 6. The number of carbonyl (C=O) groups is 1. The molecule has 1 aromatic carbocycles. The minimum atomic E-state index is -1.06. The van der Waals surface area contributed by atoms with Crippen molar-refractivity contribution in [1.82, 2.24) is 4.98 Å². The number of benzene rings is 1. The van der Waals surface area contributed by atoms with Crippen LogP contribution in [0.25, 0.3) is 0 Å². The van der Waals surface area contributed by atoms with Gasteiger partial charge in [-0.15, -0.1) is 0 Å². The van der Waals surface area contributed by atoms with Crippen LogP contribution < -0.4 is 5.73 Å². The van der Waals surface area contributed by atoms with E-state index in [0.717, 1.165) is 11.8 Å². The van der Waals surface area contributed by atoms with Crippen LogP contribution >= 0.6 is 23.4 Å². The predicted octanol–water partition coefficient (Wildman–Crippen LogP) is 3.45. The summed E-state index contributed by atoms with van der Waals surface area (Å²) in [4.78, 5) is 21.4. The number of hydrogen-bond donors (Lipinski definition) is 2. The molecule has 3 N–H and O–H groups in total. The van der Waals surface area contributed by atoms with Gasteiger partial charge in [0, 0.05) is 23.1 Å². The molecule has 0 fully saturated rings. The van der Waals surface area contributed by atoms with Crippen molar-refractivity contribution in [3.05, 3.63) is 75.2 Å². The van der Waals surface area contributed by atoms with E-state index >= 15 is 0 Å². The molecule has 140 valence electrons. The van der Waals surface area contributed by atoms with Crippen LogP contribution in [-0.2, 0) is 12.0 Å². The molecule has 2 heterocycles. The zero-order valence-electron chi connectivity index (χ0n) is 14.4. The smallest absolute Gasteiger partial charge is 0.185 e. The number of aromatic nitrogens is 1. The van der Waals surface area contributed by atoms with Crippen LogP contribution in [0.5, 0.6) is 0 Å².